The number of hydrogen-bond acceptors (Lipinski definition) is 5. The summed E-state index contributed by atoms with van der Waals surface area (Å²) in [4.78, 5) is 0. The first kappa shape index (κ1) is 15.6. The van der Waals surface area contributed by atoms with E-state index in [9.17, 15) is 5.11 Å². The van der Waals surface area contributed by atoms with Gasteiger partial charge in [-0.3, -0.25) is 0 Å². The fourth-order valence-electron chi connectivity index (χ4n) is 1.69. The molecular formula is C14H22O5. The molecule has 5 nitrogen and oxygen atoms in total. The second kappa shape index (κ2) is 8.61. The Balaban J connectivity index is 2.73. The molecule has 0 aromatic heterocycles. The highest BCUT2D eigenvalue weighted by Crippen LogP contribution is 2.38. The molecule has 1 N–H and O–H groups in total. The van der Waals surface area contributed by atoms with Crippen molar-refractivity contribution in [1.29, 1.82) is 0 Å². The molecule has 108 valence electrons. The smallest absolute Gasteiger partial charge is 0.203 e. The highest BCUT2D eigenvalue weighted by molar-refractivity contribution is 5.53. The Morgan fingerprint density at radius 1 is 0.947 bits per heavy atom. The molecule has 0 saturated carbocycles. The lowest BCUT2D eigenvalue weighted by Gasteiger charge is -2.15. The molecule has 19 heavy (non-hydrogen) atoms. The summed E-state index contributed by atoms with van der Waals surface area (Å²) in [6, 6.07) is 3.49. The van der Waals surface area contributed by atoms with Crippen molar-refractivity contribution in [3.63, 3.8) is 0 Å². The molecule has 1 aromatic rings. The molecular weight excluding hydrogens is 248 g/mol. The van der Waals surface area contributed by atoms with Crippen molar-refractivity contribution in [2.24, 2.45) is 0 Å². The molecule has 0 saturated heterocycles. The van der Waals surface area contributed by atoms with Gasteiger partial charge in [0.15, 0.2) is 11.5 Å². The maximum Gasteiger partial charge on any atom is 0.203 e. The summed E-state index contributed by atoms with van der Waals surface area (Å²) in [5, 5.41) is 9.18. The highest BCUT2D eigenvalue weighted by Gasteiger charge is 2.13. The molecule has 0 radical (unpaired) electrons. The number of unbranched alkanes of at least 4 members (excludes halogenated alkanes) is 1. The highest BCUT2D eigenvalue weighted by atomic mass is 16.5. The molecule has 5 heteroatoms. The van der Waals surface area contributed by atoms with Gasteiger partial charge in [-0.15, -0.1) is 0 Å². The third kappa shape index (κ3) is 4.61. The van der Waals surface area contributed by atoms with Crippen LogP contribution in [0.15, 0.2) is 12.1 Å². The quantitative estimate of drug-likeness (QED) is 0.696. The van der Waals surface area contributed by atoms with Gasteiger partial charge >= 0.3 is 0 Å². The maximum atomic E-state index is 9.18. The molecule has 0 heterocycles. The first-order valence-corrected chi connectivity index (χ1v) is 6.24. The summed E-state index contributed by atoms with van der Waals surface area (Å²) >= 11 is 0. The summed E-state index contributed by atoms with van der Waals surface area (Å²) in [6.45, 7) is 1.22. The standard InChI is InChI=1S/C14H22O5/c1-16-6-4-5-7-19-14-12(17-2)8-11(10-15)9-13(14)18-3/h8-9,15H,4-7,10H2,1-3H3. The van der Waals surface area contributed by atoms with Crippen LogP contribution in [0.3, 0.4) is 0 Å². The predicted octanol–water partition coefficient (Wildman–Crippen LogP) is 2.00. The van der Waals surface area contributed by atoms with Crippen LogP contribution in [0.25, 0.3) is 0 Å². The van der Waals surface area contributed by atoms with Gasteiger partial charge in [0.05, 0.1) is 27.4 Å². The molecule has 0 amide bonds. The molecule has 1 aromatic carbocycles. The second-order valence-corrected chi connectivity index (χ2v) is 4.04. The van der Waals surface area contributed by atoms with Crippen LogP contribution in [0.5, 0.6) is 17.2 Å². The summed E-state index contributed by atoms with van der Waals surface area (Å²) in [7, 11) is 4.81. The Morgan fingerprint density at radius 2 is 1.53 bits per heavy atom. The predicted molar refractivity (Wildman–Crippen MR) is 72.1 cm³/mol. The lowest BCUT2D eigenvalue weighted by Crippen LogP contribution is -2.03. The minimum absolute atomic E-state index is 0.0686. The Kier molecular flexibility index (Phi) is 7.07. The van der Waals surface area contributed by atoms with Crippen molar-refractivity contribution < 1.29 is 24.1 Å². The average molecular weight is 270 g/mol. The van der Waals surface area contributed by atoms with Crippen LogP contribution in [-0.2, 0) is 11.3 Å². The number of methoxy groups -OCH3 is 3. The van der Waals surface area contributed by atoms with Gasteiger partial charge in [-0.25, -0.2) is 0 Å². The lowest BCUT2D eigenvalue weighted by molar-refractivity contribution is 0.182. The van der Waals surface area contributed by atoms with Crippen LogP contribution in [0.4, 0.5) is 0 Å². The Morgan fingerprint density at radius 3 is 2.00 bits per heavy atom. The van der Waals surface area contributed by atoms with Crippen molar-refractivity contribution in [3.8, 4) is 17.2 Å². The number of aliphatic hydroxyl groups is 1. The number of hydrogen-bond donors (Lipinski definition) is 1. The first-order valence-electron chi connectivity index (χ1n) is 6.24. The Bertz CT molecular complexity index is 353. The van der Waals surface area contributed by atoms with Crippen molar-refractivity contribution >= 4 is 0 Å². The van der Waals surface area contributed by atoms with Crippen LogP contribution in [0, 0.1) is 0 Å². The van der Waals surface area contributed by atoms with E-state index in [1.165, 1.54) is 0 Å². The fourth-order valence-corrected chi connectivity index (χ4v) is 1.69. The monoisotopic (exact) mass is 270 g/mol. The minimum atomic E-state index is -0.0686. The largest absolute Gasteiger partial charge is 0.493 e. The second-order valence-electron chi connectivity index (χ2n) is 4.04. The third-order valence-electron chi connectivity index (χ3n) is 2.69. The van der Waals surface area contributed by atoms with Gasteiger partial charge in [-0.2, -0.15) is 0 Å². The van der Waals surface area contributed by atoms with Crippen molar-refractivity contribution in [2.45, 2.75) is 19.4 Å². The van der Waals surface area contributed by atoms with E-state index >= 15 is 0 Å². The van der Waals surface area contributed by atoms with Crippen LogP contribution in [0.1, 0.15) is 18.4 Å². The van der Waals surface area contributed by atoms with Crippen LogP contribution >= 0.6 is 0 Å². The maximum absolute atomic E-state index is 9.18. The third-order valence-corrected chi connectivity index (χ3v) is 2.69. The van der Waals surface area contributed by atoms with Crippen LogP contribution < -0.4 is 14.2 Å². The van der Waals surface area contributed by atoms with E-state index in [0.29, 0.717) is 23.9 Å². The number of rotatable bonds is 9. The van der Waals surface area contributed by atoms with E-state index in [4.69, 9.17) is 18.9 Å². The van der Waals surface area contributed by atoms with Gasteiger partial charge in [0.1, 0.15) is 0 Å². The minimum Gasteiger partial charge on any atom is -0.493 e. The van der Waals surface area contributed by atoms with Crippen molar-refractivity contribution in [2.75, 3.05) is 34.5 Å². The van der Waals surface area contributed by atoms with Gasteiger partial charge in [0, 0.05) is 13.7 Å². The van der Waals surface area contributed by atoms with Crippen molar-refractivity contribution in [3.05, 3.63) is 17.7 Å². The SMILES string of the molecule is COCCCCOc1c(OC)cc(CO)cc1OC. The molecule has 0 fully saturated rings. The van der Waals surface area contributed by atoms with E-state index in [0.717, 1.165) is 25.0 Å². The summed E-state index contributed by atoms with van der Waals surface area (Å²) in [6.07, 6.45) is 1.83. The van der Waals surface area contributed by atoms with Crippen LogP contribution in [0.2, 0.25) is 0 Å². The van der Waals surface area contributed by atoms with E-state index < -0.39 is 0 Å². The van der Waals surface area contributed by atoms with E-state index in [2.05, 4.69) is 0 Å². The van der Waals surface area contributed by atoms with E-state index in [-0.39, 0.29) is 6.61 Å². The van der Waals surface area contributed by atoms with Gasteiger partial charge in [-0.05, 0) is 30.5 Å². The molecule has 0 unspecified atom stereocenters. The summed E-state index contributed by atoms with van der Waals surface area (Å²) < 4.78 is 21.2. The molecule has 1 rings (SSSR count). The zero-order valence-corrected chi connectivity index (χ0v) is 11.8. The van der Waals surface area contributed by atoms with Gasteiger partial charge in [-0.1, -0.05) is 0 Å². The summed E-state index contributed by atoms with van der Waals surface area (Å²) in [5.41, 5.74) is 0.723. The average Bonchev–Trinajstić information content (AvgIpc) is 2.46. The molecule has 0 aliphatic carbocycles. The number of ether oxygens (including phenoxy) is 4. The fraction of sp³-hybridized carbons (Fsp3) is 0.571. The van der Waals surface area contributed by atoms with Gasteiger partial charge < -0.3 is 24.1 Å². The first-order chi connectivity index (χ1) is 9.26. The Hall–Kier alpha value is -1.46. The van der Waals surface area contributed by atoms with E-state index in [1.54, 1.807) is 33.5 Å². The zero-order valence-electron chi connectivity index (χ0n) is 11.8. The van der Waals surface area contributed by atoms with Crippen molar-refractivity contribution in [1.82, 2.24) is 0 Å². The molecule has 0 aliphatic rings. The molecule has 0 bridgehead atoms. The molecule has 0 spiro atoms. The van der Waals surface area contributed by atoms with Crippen LogP contribution in [-0.4, -0.2) is 39.6 Å². The molecule has 0 aliphatic heterocycles. The Labute approximate surface area is 114 Å². The zero-order chi connectivity index (χ0) is 14.1. The number of aliphatic hydroxyl groups excluding tert-OH is 1. The number of benzene rings is 1. The topological polar surface area (TPSA) is 57.2 Å². The normalized spacial score (nSPS) is 10.3. The van der Waals surface area contributed by atoms with E-state index in [1.807, 2.05) is 0 Å². The van der Waals surface area contributed by atoms with Gasteiger partial charge in [0.2, 0.25) is 5.75 Å². The summed E-state index contributed by atoms with van der Waals surface area (Å²) in [5.74, 6) is 1.70. The van der Waals surface area contributed by atoms with Gasteiger partial charge in [0.25, 0.3) is 0 Å². The lowest BCUT2D eigenvalue weighted by atomic mass is 10.2. The molecule has 0 atom stereocenters.